The Hall–Kier alpha value is -4.84. The van der Waals surface area contributed by atoms with E-state index in [9.17, 15) is 9.59 Å². The van der Waals surface area contributed by atoms with Gasteiger partial charge in [-0.05, 0) is 57.5 Å². The van der Waals surface area contributed by atoms with E-state index in [1.165, 1.54) is 0 Å². The summed E-state index contributed by atoms with van der Waals surface area (Å²) in [6, 6.07) is 23.8. The fourth-order valence-corrected chi connectivity index (χ4v) is 6.51. The van der Waals surface area contributed by atoms with Gasteiger partial charge in [0.15, 0.2) is 11.6 Å². The van der Waals surface area contributed by atoms with Crippen LogP contribution in [0.25, 0.3) is 55.4 Å². The zero-order valence-electron chi connectivity index (χ0n) is 22.7. The molecule has 0 atom stereocenters. The van der Waals surface area contributed by atoms with E-state index in [1.807, 2.05) is 76.1 Å². The van der Waals surface area contributed by atoms with Gasteiger partial charge in [-0.25, -0.2) is 0 Å². The lowest BCUT2D eigenvalue weighted by atomic mass is 9.83. The van der Waals surface area contributed by atoms with Gasteiger partial charge in [0.05, 0.1) is 11.0 Å². The molecule has 0 unspecified atom stereocenters. The van der Waals surface area contributed by atoms with Crippen LogP contribution in [0.15, 0.2) is 72.8 Å². The third kappa shape index (κ3) is 2.83. The Morgan fingerprint density at radius 3 is 1.88 bits per heavy atom. The monoisotopic (exact) mass is 522 g/mol. The second-order valence-electron chi connectivity index (χ2n) is 11.3. The molecule has 0 bridgehead atoms. The summed E-state index contributed by atoms with van der Waals surface area (Å²) < 4.78 is 4.04. The molecule has 0 aliphatic heterocycles. The van der Waals surface area contributed by atoms with Crippen LogP contribution < -0.4 is 0 Å². The summed E-state index contributed by atoms with van der Waals surface area (Å²) in [5.41, 5.74) is 9.97. The van der Waals surface area contributed by atoms with E-state index in [0.717, 1.165) is 55.4 Å². The molecule has 0 N–H and O–H groups in total. The first kappa shape index (κ1) is 23.1. The first-order valence-electron chi connectivity index (χ1n) is 13.7. The molecule has 2 aromatic heterocycles. The smallest absolute Gasteiger partial charge is 0.194 e. The summed E-state index contributed by atoms with van der Waals surface area (Å²) in [5.74, 6) is 0.0479. The first-order chi connectivity index (χ1) is 19.3. The normalized spacial score (nSPS) is 13.6. The van der Waals surface area contributed by atoms with Crippen molar-refractivity contribution in [2.45, 2.75) is 39.8 Å². The third-order valence-corrected chi connectivity index (χ3v) is 8.31. The molecule has 8 rings (SSSR count). The van der Waals surface area contributed by atoms with Crippen molar-refractivity contribution in [3.8, 4) is 33.6 Å². The van der Waals surface area contributed by atoms with Crippen molar-refractivity contribution in [1.82, 2.24) is 19.6 Å². The van der Waals surface area contributed by atoms with Crippen LogP contribution >= 0.6 is 0 Å². The molecule has 0 saturated carbocycles. The highest BCUT2D eigenvalue weighted by Gasteiger charge is 2.32. The first-order valence-corrected chi connectivity index (χ1v) is 13.7. The maximum Gasteiger partial charge on any atom is 0.194 e. The van der Waals surface area contributed by atoms with Gasteiger partial charge in [-0.3, -0.25) is 19.0 Å². The van der Waals surface area contributed by atoms with Crippen LogP contribution in [0, 0.1) is 0 Å². The van der Waals surface area contributed by atoms with Gasteiger partial charge in [0, 0.05) is 61.8 Å². The van der Waals surface area contributed by atoms with Crippen molar-refractivity contribution in [3.63, 3.8) is 0 Å². The SMILES string of the molecule is CC(C)n1nc2c3c(cccc31)C(=O)c1ccc(-c3ccc4c5c(nn(C(C)C)c35)-c3ccccc3C4=O)cc1-2. The van der Waals surface area contributed by atoms with E-state index < -0.39 is 0 Å². The molecule has 2 aliphatic rings. The zero-order valence-corrected chi connectivity index (χ0v) is 22.7. The Morgan fingerprint density at radius 1 is 0.550 bits per heavy atom. The van der Waals surface area contributed by atoms with Gasteiger partial charge in [-0.1, -0.05) is 48.5 Å². The molecule has 0 amide bonds. The van der Waals surface area contributed by atoms with Gasteiger partial charge < -0.3 is 0 Å². The summed E-state index contributed by atoms with van der Waals surface area (Å²) in [6.45, 7) is 8.42. The van der Waals surface area contributed by atoms with E-state index in [4.69, 9.17) is 10.2 Å². The summed E-state index contributed by atoms with van der Waals surface area (Å²) in [4.78, 5) is 27.2. The summed E-state index contributed by atoms with van der Waals surface area (Å²) in [5, 5.41) is 11.9. The molecule has 0 radical (unpaired) electrons. The summed E-state index contributed by atoms with van der Waals surface area (Å²) >= 11 is 0. The largest absolute Gasteiger partial charge is 0.289 e. The number of hydrogen-bond acceptors (Lipinski definition) is 4. The van der Waals surface area contributed by atoms with Crippen molar-refractivity contribution in [3.05, 3.63) is 95.1 Å². The summed E-state index contributed by atoms with van der Waals surface area (Å²) in [6.07, 6.45) is 0. The molecule has 0 spiro atoms. The standard InChI is InChI=1S/C34H26N4O2/c1-17(2)37-27-11-7-10-24-28(27)31(35-37)26-16-19(12-13-23(26)34(24)40)20-14-15-25-29-30(36-38(18(3)4)32(20)29)21-8-5-6-9-22(21)33(25)39/h5-18H,1-4H3. The molecule has 2 aliphatic carbocycles. The quantitative estimate of drug-likeness (QED) is 0.239. The molecular weight excluding hydrogens is 496 g/mol. The van der Waals surface area contributed by atoms with Crippen LogP contribution in [0.3, 0.4) is 0 Å². The molecular formula is C34H26N4O2. The lowest BCUT2D eigenvalue weighted by Crippen LogP contribution is -2.10. The number of carbonyl (C=O) groups is 2. The van der Waals surface area contributed by atoms with Crippen LogP contribution in [-0.2, 0) is 0 Å². The maximum absolute atomic E-state index is 13.6. The minimum absolute atomic E-state index is 0.0227. The Balaban J connectivity index is 1.42. The van der Waals surface area contributed by atoms with Crippen molar-refractivity contribution < 1.29 is 9.59 Å². The van der Waals surface area contributed by atoms with E-state index in [1.54, 1.807) is 0 Å². The second kappa shape index (κ2) is 7.85. The maximum atomic E-state index is 13.6. The molecule has 6 nitrogen and oxygen atoms in total. The third-order valence-electron chi connectivity index (χ3n) is 8.31. The topological polar surface area (TPSA) is 69.8 Å². The van der Waals surface area contributed by atoms with Crippen LogP contribution in [0.1, 0.15) is 71.6 Å². The second-order valence-corrected chi connectivity index (χ2v) is 11.3. The van der Waals surface area contributed by atoms with Gasteiger partial charge >= 0.3 is 0 Å². The summed E-state index contributed by atoms with van der Waals surface area (Å²) in [7, 11) is 0. The number of ketones is 2. The number of carbonyl (C=O) groups excluding carboxylic acids is 2. The van der Waals surface area contributed by atoms with Gasteiger partial charge in [0.2, 0.25) is 0 Å². The highest BCUT2D eigenvalue weighted by molar-refractivity contribution is 6.27. The fourth-order valence-electron chi connectivity index (χ4n) is 6.51. The molecule has 0 saturated heterocycles. The zero-order chi connectivity index (χ0) is 27.4. The molecule has 194 valence electrons. The Morgan fingerprint density at radius 2 is 1.12 bits per heavy atom. The molecule has 40 heavy (non-hydrogen) atoms. The Bertz CT molecular complexity index is 2110. The molecule has 2 heterocycles. The minimum Gasteiger partial charge on any atom is -0.289 e. The number of hydrogen-bond donors (Lipinski definition) is 0. The van der Waals surface area contributed by atoms with Crippen molar-refractivity contribution in [1.29, 1.82) is 0 Å². The van der Waals surface area contributed by atoms with E-state index in [2.05, 4.69) is 33.8 Å². The predicted octanol–water partition coefficient (Wildman–Crippen LogP) is 7.64. The number of benzene rings is 4. The lowest BCUT2D eigenvalue weighted by Gasteiger charge is -2.18. The van der Waals surface area contributed by atoms with Gasteiger partial charge in [0.1, 0.15) is 11.4 Å². The predicted molar refractivity (Wildman–Crippen MR) is 157 cm³/mol. The van der Waals surface area contributed by atoms with E-state index in [0.29, 0.717) is 22.3 Å². The molecule has 4 aromatic carbocycles. The molecule has 6 aromatic rings. The minimum atomic E-state index is 0.0227. The highest BCUT2D eigenvalue weighted by atomic mass is 16.1. The number of fused-ring (bicyclic) bond motifs is 4. The Kier molecular flexibility index (Phi) is 4.53. The van der Waals surface area contributed by atoms with Crippen molar-refractivity contribution in [2.24, 2.45) is 0 Å². The van der Waals surface area contributed by atoms with Gasteiger partial charge in [0.25, 0.3) is 0 Å². The molecule has 0 fully saturated rings. The van der Waals surface area contributed by atoms with Gasteiger partial charge in [-0.2, -0.15) is 10.2 Å². The molecule has 6 heteroatoms. The van der Waals surface area contributed by atoms with Crippen LogP contribution in [0.2, 0.25) is 0 Å². The number of nitrogens with zero attached hydrogens (tertiary/aromatic N) is 4. The van der Waals surface area contributed by atoms with E-state index in [-0.39, 0.29) is 23.7 Å². The van der Waals surface area contributed by atoms with Crippen LogP contribution in [-0.4, -0.2) is 31.1 Å². The van der Waals surface area contributed by atoms with Crippen LogP contribution in [0.5, 0.6) is 0 Å². The van der Waals surface area contributed by atoms with Crippen LogP contribution in [0.4, 0.5) is 0 Å². The van der Waals surface area contributed by atoms with Crippen molar-refractivity contribution in [2.75, 3.05) is 0 Å². The number of rotatable bonds is 3. The lowest BCUT2D eigenvalue weighted by molar-refractivity contribution is 0.103. The number of aromatic nitrogens is 4. The van der Waals surface area contributed by atoms with Gasteiger partial charge in [-0.15, -0.1) is 0 Å². The average molecular weight is 523 g/mol. The highest BCUT2D eigenvalue weighted by Crippen LogP contribution is 2.45. The average Bonchev–Trinajstić information content (AvgIpc) is 3.56. The van der Waals surface area contributed by atoms with E-state index >= 15 is 0 Å². The Labute approximate surface area is 230 Å². The van der Waals surface area contributed by atoms with Crippen molar-refractivity contribution >= 4 is 33.4 Å². The fraction of sp³-hybridized carbons (Fsp3) is 0.176.